The fourth-order valence-electron chi connectivity index (χ4n) is 5.12. The number of hydrogen-bond donors (Lipinski definition) is 1. The van der Waals surface area contributed by atoms with Gasteiger partial charge in [-0.05, 0) is 48.9 Å². The highest BCUT2D eigenvalue weighted by Crippen LogP contribution is 2.28. The quantitative estimate of drug-likeness (QED) is 0.125. The summed E-state index contributed by atoms with van der Waals surface area (Å²) in [5, 5.41) is 11.9. The number of carbonyl (C=O) groups excluding carboxylic acids is 1. The number of rotatable bonds is 14. The molecule has 0 spiro atoms. The van der Waals surface area contributed by atoms with E-state index in [1.807, 2.05) is 116 Å². The van der Waals surface area contributed by atoms with Gasteiger partial charge in [-0.3, -0.25) is 4.79 Å². The van der Waals surface area contributed by atoms with Crippen LogP contribution in [0, 0.1) is 6.92 Å². The topological polar surface area (TPSA) is 113 Å². The molecule has 0 saturated heterocycles. The van der Waals surface area contributed by atoms with Crippen LogP contribution in [-0.4, -0.2) is 34.7 Å². The number of hydrogen-bond acceptors (Lipinski definition) is 9. The zero-order valence-corrected chi connectivity index (χ0v) is 25.7. The molecule has 2 heterocycles. The van der Waals surface area contributed by atoms with E-state index in [2.05, 4.69) is 20.5 Å². The van der Waals surface area contributed by atoms with E-state index in [1.54, 1.807) is 7.11 Å². The minimum absolute atomic E-state index is 0.0772. The van der Waals surface area contributed by atoms with Crippen LogP contribution < -0.4 is 10.1 Å². The SMILES string of the molecule is COCc1nnc([C@H](Cc2ccc(OCCc3nc(-c4ccccc4)oc3C)cc2)Nc2ccccc2C(=O)c2ccccc2)o1. The lowest BCUT2D eigenvalue weighted by atomic mass is 10.00. The largest absolute Gasteiger partial charge is 0.493 e. The lowest BCUT2D eigenvalue weighted by molar-refractivity contribution is 0.103. The summed E-state index contributed by atoms with van der Waals surface area (Å²) < 4.78 is 23.0. The zero-order chi connectivity index (χ0) is 31.7. The Kier molecular flexibility index (Phi) is 9.61. The summed E-state index contributed by atoms with van der Waals surface area (Å²) >= 11 is 0. The third kappa shape index (κ3) is 7.39. The van der Waals surface area contributed by atoms with Gasteiger partial charge in [0.2, 0.25) is 17.7 Å². The van der Waals surface area contributed by atoms with Crippen molar-refractivity contribution in [2.75, 3.05) is 19.0 Å². The fraction of sp³-hybridized carbons (Fsp3) is 0.189. The first kappa shape index (κ1) is 30.5. The van der Waals surface area contributed by atoms with Gasteiger partial charge in [0, 0.05) is 42.3 Å². The number of oxazole rings is 1. The van der Waals surface area contributed by atoms with Crippen molar-refractivity contribution >= 4 is 11.5 Å². The van der Waals surface area contributed by atoms with Crippen LogP contribution in [0.15, 0.2) is 118 Å². The summed E-state index contributed by atoms with van der Waals surface area (Å²) in [5.74, 6) is 2.84. The minimum Gasteiger partial charge on any atom is -0.493 e. The summed E-state index contributed by atoms with van der Waals surface area (Å²) in [6.45, 7) is 2.59. The minimum atomic E-state index is -0.413. The Morgan fingerprint density at radius 1 is 0.848 bits per heavy atom. The van der Waals surface area contributed by atoms with Gasteiger partial charge in [0.15, 0.2) is 5.78 Å². The van der Waals surface area contributed by atoms with Crippen molar-refractivity contribution in [3.63, 3.8) is 0 Å². The smallest absolute Gasteiger partial charge is 0.242 e. The summed E-state index contributed by atoms with van der Waals surface area (Å²) in [7, 11) is 1.57. The highest BCUT2D eigenvalue weighted by Gasteiger charge is 2.23. The first-order valence-corrected chi connectivity index (χ1v) is 15.1. The number of ether oxygens (including phenoxy) is 2. The number of anilines is 1. The van der Waals surface area contributed by atoms with Crippen LogP contribution in [0.1, 0.15) is 50.8 Å². The molecule has 9 nitrogen and oxygen atoms in total. The van der Waals surface area contributed by atoms with Crippen molar-refractivity contribution in [2.45, 2.75) is 32.4 Å². The predicted molar refractivity (Wildman–Crippen MR) is 174 cm³/mol. The van der Waals surface area contributed by atoms with Crippen molar-refractivity contribution in [1.82, 2.24) is 15.2 Å². The van der Waals surface area contributed by atoms with Gasteiger partial charge in [-0.1, -0.05) is 72.8 Å². The molecule has 0 unspecified atom stereocenters. The molecule has 46 heavy (non-hydrogen) atoms. The van der Waals surface area contributed by atoms with Crippen LogP contribution in [0.4, 0.5) is 5.69 Å². The third-order valence-corrected chi connectivity index (χ3v) is 7.47. The van der Waals surface area contributed by atoms with Crippen molar-refractivity contribution in [3.05, 3.63) is 149 Å². The molecular formula is C37H34N4O5. The zero-order valence-electron chi connectivity index (χ0n) is 25.7. The van der Waals surface area contributed by atoms with Crippen molar-refractivity contribution in [3.8, 4) is 17.2 Å². The fourth-order valence-corrected chi connectivity index (χ4v) is 5.12. The van der Waals surface area contributed by atoms with E-state index in [1.165, 1.54) is 0 Å². The number of aryl methyl sites for hydroxylation is 1. The van der Waals surface area contributed by atoms with Crippen LogP contribution in [0.2, 0.25) is 0 Å². The van der Waals surface area contributed by atoms with E-state index in [0.717, 1.165) is 28.3 Å². The van der Waals surface area contributed by atoms with E-state index in [-0.39, 0.29) is 12.4 Å². The molecule has 0 saturated carbocycles. The molecule has 0 fully saturated rings. The highest BCUT2D eigenvalue weighted by molar-refractivity contribution is 6.12. The van der Waals surface area contributed by atoms with E-state index in [0.29, 0.717) is 53.9 Å². The van der Waals surface area contributed by atoms with Crippen molar-refractivity contribution in [1.29, 1.82) is 0 Å². The maximum Gasteiger partial charge on any atom is 0.242 e. The van der Waals surface area contributed by atoms with Gasteiger partial charge in [0.1, 0.15) is 24.2 Å². The van der Waals surface area contributed by atoms with Gasteiger partial charge >= 0.3 is 0 Å². The summed E-state index contributed by atoms with van der Waals surface area (Å²) in [5.41, 5.74) is 4.68. The number of nitrogens with one attached hydrogen (secondary N) is 1. The molecule has 0 amide bonds. The Bertz CT molecular complexity index is 1870. The molecule has 0 aliphatic heterocycles. The van der Waals surface area contributed by atoms with E-state index in [9.17, 15) is 4.79 Å². The maximum absolute atomic E-state index is 13.4. The molecule has 9 heteroatoms. The van der Waals surface area contributed by atoms with Crippen molar-refractivity contribution < 1.29 is 23.1 Å². The number of aromatic nitrogens is 3. The monoisotopic (exact) mass is 614 g/mol. The van der Waals surface area contributed by atoms with E-state index >= 15 is 0 Å². The van der Waals surface area contributed by atoms with Gasteiger partial charge in [-0.25, -0.2) is 4.98 Å². The summed E-state index contributed by atoms with van der Waals surface area (Å²) in [6, 6.07) is 34.0. The molecule has 2 aromatic heterocycles. The molecule has 4 aromatic carbocycles. The van der Waals surface area contributed by atoms with Gasteiger partial charge in [-0.2, -0.15) is 0 Å². The lowest BCUT2D eigenvalue weighted by Gasteiger charge is -2.19. The van der Waals surface area contributed by atoms with E-state index in [4.69, 9.17) is 18.3 Å². The highest BCUT2D eigenvalue weighted by atomic mass is 16.5. The van der Waals surface area contributed by atoms with Gasteiger partial charge in [0.25, 0.3) is 0 Å². The van der Waals surface area contributed by atoms with Crippen LogP contribution >= 0.6 is 0 Å². The maximum atomic E-state index is 13.4. The third-order valence-electron chi connectivity index (χ3n) is 7.47. The van der Waals surface area contributed by atoms with Crippen molar-refractivity contribution in [2.24, 2.45) is 0 Å². The number of para-hydroxylation sites is 1. The van der Waals surface area contributed by atoms with Crippen LogP contribution in [0.5, 0.6) is 5.75 Å². The normalized spacial score (nSPS) is 11.7. The summed E-state index contributed by atoms with van der Waals surface area (Å²) in [6.07, 6.45) is 1.14. The second-order valence-corrected chi connectivity index (χ2v) is 10.7. The first-order chi connectivity index (χ1) is 22.6. The molecule has 1 N–H and O–H groups in total. The van der Waals surface area contributed by atoms with Crippen LogP contribution in [-0.2, 0) is 24.2 Å². The Balaban J connectivity index is 1.14. The summed E-state index contributed by atoms with van der Waals surface area (Å²) in [4.78, 5) is 18.1. The van der Waals surface area contributed by atoms with Gasteiger partial charge < -0.3 is 23.6 Å². The molecule has 0 aliphatic carbocycles. The molecule has 6 aromatic rings. The molecule has 0 aliphatic rings. The van der Waals surface area contributed by atoms with Crippen LogP contribution in [0.25, 0.3) is 11.5 Å². The first-order valence-electron chi connectivity index (χ1n) is 15.1. The molecule has 232 valence electrons. The molecular weight excluding hydrogens is 580 g/mol. The number of benzene rings is 4. The Hall–Kier alpha value is -5.54. The number of ketones is 1. The van der Waals surface area contributed by atoms with Gasteiger partial charge in [0.05, 0.1) is 12.3 Å². The number of nitrogens with zero attached hydrogens (tertiary/aromatic N) is 3. The molecule has 6 rings (SSSR count). The number of carbonyl (C=O) groups is 1. The Morgan fingerprint density at radius 2 is 1.57 bits per heavy atom. The van der Waals surface area contributed by atoms with E-state index < -0.39 is 6.04 Å². The predicted octanol–water partition coefficient (Wildman–Crippen LogP) is 7.43. The Labute approximate surface area is 267 Å². The molecule has 0 bridgehead atoms. The molecule has 0 radical (unpaired) electrons. The second-order valence-electron chi connectivity index (χ2n) is 10.7. The lowest BCUT2D eigenvalue weighted by Crippen LogP contribution is -2.17. The van der Waals surface area contributed by atoms with Crippen LogP contribution in [0.3, 0.4) is 0 Å². The average Bonchev–Trinajstić information content (AvgIpc) is 3.72. The average molecular weight is 615 g/mol. The number of methoxy groups -OCH3 is 1. The molecule has 1 atom stereocenters. The second kappa shape index (κ2) is 14.5. The standard InChI is InChI=1S/C37H34N4O5/c1-25-31(39-36(45-25)28-13-7-4-8-14-28)21-22-44-29-19-17-26(18-20-29)23-33(37-41-40-34(46-37)24-43-2)38-32-16-10-9-15-30(32)35(42)27-11-5-3-6-12-27/h3-20,33,38H,21-24H2,1-2H3/t33-/m0/s1. The Morgan fingerprint density at radius 3 is 2.33 bits per heavy atom. The van der Waals surface area contributed by atoms with Gasteiger partial charge in [-0.15, -0.1) is 10.2 Å².